The number of hydrogen-bond acceptors (Lipinski definition) is 4. The van der Waals surface area contributed by atoms with Crippen LogP contribution in [0, 0.1) is 0 Å². The molecule has 2 aliphatic heterocycles. The first-order valence-corrected chi connectivity index (χ1v) is 6.63. The van der Waals surface area contributed by atoms with E-state index in [1.54, 1.807) is 0 Å². The number of halogens is 1. The van der Waals surface area contributed by atoms with Crippen LogP contribution < -0.4 is 10.6 Å². The van der Waals surface area contributed by atoms with Gasteiger partial charge in [0.05, 0.1) is 25.9 Å². The van der Waals surface area contributed by atoms with E-state index in [4.69, 9.17) is 9.47 Å². The van der Waals surface area contributed by atoms with Crippen molar-refractivity contribution in [2.75, 3.05) is 26.4 Å². The van der Waals surface area contributed by atoms with E-state index >= 15 is 0 Å². The van der Waals surface area contributed by atoms with Gasteiger partial charge in [-0.1, -0.05) is 6.07 Å². The van der Waals surface area contributed by atoms with Crippen LogP contribution in [0.2, 0.25) is 0 Å². The molecule has 0 aliphatic carbocycles. The molecule has 0 radical (unpaired) electrons. The topological polar surface area (TPSA) is 59.6 Å². The number of nitrogens with one attached hydrogen (secondary N) is 2. The Morgan fingerprint density at radius 1 is 1.30 bits per heavy atom. The number of fused-ring (bicyclic) bond motifs is 1. The van der Waals surface area contributed by atoms with Gasteiger partial charge in [0, 0.05) is 25.2 Å². The summed E-state index contributed by atoms with van der Waals surface area (Å²) in [5.74, 6) is -0.0520. The van der Waals surface area contributed by atoms with Gasteiger partial charge >= 0.3 is 0 Å². The highest BCUT2D eigenvalue weighted by Crippen LogP contribution is 2.17. The molecule has 1 atom stereocenters. The fraction of sp³-hybridized carbons (Fsp3) is 0.500. The van der Waals surface area contributed by atoms with Crippen molar-refractivity contribution < 1.29 is 14.3 Å². The summed E-state index contributed by atoms with van der Waals surface area (Å²) in [6.07, 6.45) is -0.0335. The molecule has 0 aromatic heterocycles. The van der Waals surface area contributed by atoms with Crippen molar-refractivity contribution >= 4 is 18.3 Å². The SMILES string of the molecule is Cl.O=C(NCC1COCCO1)c1ccc2c(c1)CNC2. The van der Waals surface area contributed by atoms with Crippen LogP contribution in [0.1, 0.15) is 21.5 Å². The molecule has 1 saturated heterocycles. The lowest BCUT2D eigenvalue weighted by atomic mass is 10.1. The molecule has 2 heterocycles. The van der Waals surface area contributed by atoms with E-state index in [2.05, 4.69) is 10.6 Å². The zero-order chi connectivity index (χ0) is 13.1. The van der Waals surface area contributed by atoms with Crippen LogP contribution in [0.15, 0.2) is 18.2 Å². The molecule has 6 heteroatoms. The van der Waals surface area contributed by atoms with Crippen LogP contribution in [-0.2, 0) is 22.6 Å². The second-order valence-electron chi connectivity index (χ2n) is 4.86. The number of carbonyl (C=O) groups excluding carboxylic acids is 1. The Labute approximate surface area is 124 Å². The molecule has 2 aliphatic rings. The summed E-state index contributed by atoms with van der Waals surface area (Å²) in [5.41, 5.74) is 3.20. The van der Waals surface area contributed by atoms with Crippen molar-refractivity contribution in [3.8, 4) is 0 Å². The zero-order valence-electron chi connectivity index (χ0n) is 11.2. The highest BCUT2D eigenvalue weighted by molar-refractivity contribution is 5.94. The van der Waals surface area contributed by atoms with E-state index in [1.165, 1.54) is 11.1 Å². The fourth-order valence-electron chi connectivity index (χ4n) is 2.40. The minimum atomic E-state index is -0.0520. The second-order valence-corrected chi connectivity index (χ2v) is 4.86. The predicted molar refractivity (Wildman–Crippen MR) is 77.1 cm³/mol. The smallest absolute Gasteiger partial charge is 0.251 e. The Hall–Kier alpha value is -1.14. The molecule has 0 saturated carbocycles. The van der Waals surface area contributed by atoms with E-state index in [0.29, 0.717) is 31.9 Å². The Morgan fingerprint density at radius 2 is 2.15 bits per heavy atom. The van der Waals surface area contributed by atoms with Crippen LogP contribution >= 0.6 is 12.4 Å². The molecule has 20 heavy (non-hydrogen) atoms. The lowest BCUT2D eigenvalue weighted by Crippen LogP contribution is -2.39. The Morgan fingerprint density at radius 3 is 2.95 bits per heavy atom. The molecule has 3 rings (SSSR count). The van der Waals surface area contributed by atoms with Gasteiger partial charge in [0.1, 0.15) is 0 Å². The summed E-state index contributed by atoms with van der Waals surface area (Å²) >= 11 is 0. The summed E-state index contributed by atoms with van der Waals surface area (Å²) in [7, 11) is 0. The molecule has 1 unspecified atom stereocenters. The van der Waals surface area contributed by atoms with Gasteiger partial charge < -0.3 is 20.1 Å². The molecule has 2 N–H and O–H groups in total. The molecular formula is C14H19ClN2O3. The summed E-state index contributed by atoms with van der Waals surface area (Å²) in [6.45, 7) is 4.02. The number of amides is 1. The number of carbonyl (C=O) groups is 1. The van der Waals surface area contributed by atoms with Gasteiger partial charge in [-0.15, -0.1) is 12.4 Å². The average Bonchev–Trinajstić information content (AvgIpc) is 2.93. The molecule has 1 aromatic carbocycles. The third-order valence-electron chi connectivity index (χ3n) is 3.47. The van der Waals surface area contributed by atoms with Crippen molar-refractivity contribution in [3.63, 3.8) is 0 Å². The van der Waals surface area contributed by atoms with Crippen LogP contribution in [0.5, 0.6) is 0 Å². The second kappa shape index (κ2) is 7.04. The minimum Gasteiger partial charge on any atom is -0.376 e. The lowest BCUT2D eigenvalue weighted by Gasteiger charge is -2.23. The molecular weight excluding hydrogens is 280 g/mol. The maximum Gasteiger partial charge on any atom is 0.251 e. The van der Waals surface area contributed by atoms with Gasteiger partial charge in [-0.05, 0) is 23.3 Å². The summed E-state index contributed by atoms with van der Waals surface area (Å²) in [5, 5.41) is 6.16. The van der Waals surface area contributed by atoms with Crippen LogP contribution in [0.3, 0.4) is 0 Å². The van der Waals surface area contributed by atoms with Crippen LogP contribution in [0.25, 0.3) is 0 Å². The minimum absolute atomic E-state index is 0. The van der Waals surface area contributed by atoms with Crippen LogP contribution in [0.4, 0.5) is 0 Å². The van der Waals surface area contributed by atoms with E-state index in [-0.39, 0.29) is 24.4 Å². The Bertz CT molecular complexity index is 475. The molecule has 0 spiro atoms. The maximum atomic E-state index is 12.1. The summed E-state index contributed by atoms with van der Waals surface area (Å²) in [4.78, 5) is 12.1. The van der Waals surface area contributed by atoms with Crippen molar-refractivity contribution in [1.82, 2.24) is 10.6 Å². The van der Waals surface area contributed by atoms with Gasteiger partial charge in [0.2, 0.25) is 0 Å². The first kappa shape index (κ1) is 15.3. The fourth-order valence-corrected chi connectivity index (χ4v) is 2.40. The third-order valence-corrected chi connectivity index (χ3v) is 3.47. The third kappa shape index (κ3) is 3.49. The van der Waals surface area contributed by atoms with E-state index in [1.807, 2.05) is 18.2 Å². The van der Waals surface area contributed by atoms with Gasteiger partial charge in [-0.2, -0.15) is 0 Å². The number of ether oxygens (including phenoxy) is 2. The first-order valence-electron chi connectivity index (χ1n) is 6.63. The largest absolute Gasteiger partial charge is 0.376 e. The highest BCUT2D eigenvalue weighted by atomic mass is 35.5. The summed E-state index contributed by atoms with van der Waals surface area (Å²) in [6, 6.07) is 5.85. The highest BCUT2D eigenvalue weighted by Gasteiger charge is 2.17. The normalized spacial score (nSPS) is 20.9. The number of hydrogen-bond donors (Lipinski definition) is 2. The first-order chi connectivity index (χ1) is 9.33. The monoisotopic (exact) mass is 298 g/mol. The van der Waals surface area contributed by atoms with Gasteiger partial charge in [-0.25, -0.2) is 0 Å². The Balaban J connectivity index is 0.00000147. The summed E-state index contributed by atoms with van der Waals surface area (Å²) < 4.78 is 10.8. The maximum absolute atomic E-state index is 12.1. The predicted octanol–water partition coefficient (Wildman–Crippen LogP) is 0.857. The van der Waals surface area contributed by atoms with Crippen molar-refractivity contribution in [3.05, 3.63) is 34.9 Å². The standard InChI is InChI=1S/C14H18N2O3.ClH/c17-14(16-8-13-9-18-3-4-19-13)10-1-2-11-6-15-7-12(11)5-10;/h1-2,5,13,15H,3-4,6-9H2,(H,16,17);1H. The van der Waals surface area contributed by atoms with E-state index in [9.17, 15) is 4.79 Å². The van der Waals surface area contributed by atoms with Gasteiger partial charge in [0.25, 0.3) is 5.91 Å². The molecule has 1 amide bonds. The molecule has 5 nitrogen and oxygen atoms in total. The van der Waals surface area contributed by atoms with Crippen LogP contribution in [-0.4, -0.2) is 38.4 Å². The van der Waals surface area contributed by atoms with Gasteiger partial charge in [-0.3, -0.25) is 4.79 Å². The van der Waals surface area contributed by atoms with E-state index < -0.39 is 0 Å². The van der Waals surface area contributed by atoms with Gasteiger partial charge in [0.15, 0.2) is 0 Å². The number of rotatable bonds is 3. The zero-order valence-corrected chi connectivity index (χ0v) is 12.0. The Kier molecular flexibility index (Phi) is 5.37. The van der Waals surface area contributed by atoms with Crippen molar-refractivity contribution in [1.29, 1.82) is 0 Å². The molecule has 110 valence electrons. The van der Waals surface area contributed by atoms with Crippen molar-refractivity contribution in [2.24, 2.45) is 0 Å². The molecule has 0 bridgehead atoms. The van der Waals surface area contributed by atoms with Crippen molar-refractivity contribution in [2.45, 2.75) is 19.2 Å². The molecule has 1 aromatic rings. The molecule has 1 fully saturated rings. The number of benzene rings is 1. The quantitative estimate of drug-likeness (QED) is 0.869. The lowest BCUT2D eigenvalue weighted by molar-refractivity contribution is -0.0855. The van der Waals surface area contributed by atoms with E-state index in [0.717, 1.165) is 13.1 Å². The average molecular weight is 299 g/mol.